The Kier molecular flexibility index (Phi) is 1.95. The van der Waals surface area contributed by atoms with E-state index in [-0.39, 0.29) is 17.2 Å². The number of carbonyl (C=O) groups excluding carboxylic acids is 1. The number of hydrogen-bond acceptors (Lipinski definition) is 1. The third-order valence-corrected chi connectivity index (χ3v) is 2.96. The maximum atomic E-state index is 11.0. The first-order chi connectivity index (χ1) is 4.95. The van der Waals surface area contributed by atoms with Crippen LogP contribution in [0.1, 0.15) is 33.6 Å². The highest BCUT2D eigenvalue weighted by Crippen LogP contribution is 2.45. The van der Waals surface area contributed by atoms with E-state index in [4.69, 9.17) is 5.73 Å². The number of nitrogens with two attached hydrogens (primary N) is 1. The van der Waals surface area contributed by atoms with Gasteiger partial charge in [0.2, 0.25) is 5.91 Å². The van der Waals surface area contributed by atoms with Crippen molar-refractivity contribution in [2.45, 2.75) is 33.6 Å². The molecule has 1 fully saturated rings. The van der Waals surface area contributed by atoms with Crippen LogP contribution >= 0.6 is 0 Å². The van der Waals surface area contributed by atoms with Crippen molar-refractivity contribution in [3.05, 3.63) is 0 Å². The van der Waals surface area contributed by atoms with Crippen LogP contribution in [0.5, 0.6) is 0 Å². The van der Waals surface area contributed by atoms with Crippen molar-refractivity contribution < 1.29 is 4.79 Å². The van der Waals surface area contributed by atoms with Crippen LogP contribution in [0.15, 0.2) is 0 Å². The van der Waals surface area contributed by atoms with Crippen molar-refractivity contribution in [1.29, 1.82) is 0 Å². The topological polar surface area (TPSA) is 43.1 Å². The normalized spacial score (nSPS) is 35.5. The van der Waals surface area contributed by atoms with E-state index in [1.807, 2.05) is 0 Å². The minimum absolute atomic E-state index is 0.0856. The molecule has 0 aliphatic heterocycles. The third-order valence-electron chi connectivity index (χ3n) is 2.96. The maximum Gasteiger partial charge on any atom is 0.221 e. The summed E-state index contributed by atoms with van der Waals surface area (Å²) in [5, 5.41) is 0. The molecule has 2 heteroatoms. The Hall–Kier alpha value is -0.530. The minimum atomic E-state index is -0.125. The van der Waals surface area contributed by atoms with E-state index < -0.39 is 0 Å². The largest absolute Gasteiger partial charge is 0.369 e. The van der Waals surface area contributed by atoms with Crippen LogP contribution in [-0.4, -0.2) is 5.91 Å². The summed E-state index contributed by atoms with van der Waals surface area (Å²) in [7, 11) is 0. The molecule has 0 unspecified atom stereocenters. The van der Waals surface area contributed by atoms with Crippen LogP contribution in [0.3, 0.4) is 0 Å². The second kappa shape index (κ2) is 2.50. The molecule has 0 aromatic heterocycles. The van der Waals surface area contributed by atoms with Gasteiger partial charge in [-0.05, 0) is 24.2 Å². The molecule has 64 valence electrons. The molecule has 2 atom stereocenters. The summed E-state index contributed by atoms with van der Waals surface area (Å²) in [5.74, 6) is 0.435. The van der Waals surface area contributed by atoms with Crippen molar-refractivity contribution in [2.24, 2.45) is 23.0 Å². The Balaban J connectivity index is 2.80. The van der Waals surface area contributed by atoms with E-state index in [1.54, 1.807) is 0 Å². The van der Waals surface area contributed by atoms with E-state index in [0.29, 0.717) is 5.92 Å². The molecule has 0 aromatic rings. The summed E-state index contributed by atoms with van der Waals surface area (Å²) < 4.78 is 0. The van der Waals surface area contributed by atoms with Crippen LogP contribution in [-0.2, 0) is 4.79 Å². The molecule has 11 heavy (non-hydrogen) atoms. The zero-order valence-electron chi connectivity index (χ0n) is 7.55. The highest BCUT2D eigenvalue weighted by atomic mass is 16.1. The van der Waals surface area contributed by atoms with Gasteiger partial charge in [-0.1, -0.05) is 20.8 Å². The molecule has 2 nitrogen and oxygen atoms in total. The van der Waals surface area contributed by atoms with Crippen molar-refractivity contribution in [3.8, 4) is 0 Å². The van der Waals surface area contributed by atoms with Gasteiger partial charge < -0.3 is 5.73 Å². The molecule has 0 bridgehead atoms. The smallest absolute Gasteiger partial charge is 0.221 e. The van der Waals surface area contributed by atoms with Gasteiger partial charge in [0.25, 0.3) is 0 Å². The molecule has 1 rings (SSSR count). The molecule has 0 radical (unpaired) electrons. The molecular weight excluding hydrogens is 138 g/mol. The molecular formula is C9H17NO. The molecule has 0 spiro atoms. The molecule has 0 aromatic carbocycles. The molecule has 1 aliphatic carbocycles. The van der Waals surface area contributed by atoms with Gasteiger partial charge in [0.15, 0.2) is 0 Å². The first-order valence-corrected chi connectivity index (χ1v) is 4.24. The zero-order chi connectivity index (χ0) is 8.65. The number of carbonyl (C=O) groups is 1. The summed E-state index contributed by atoms with van der Waals surface area (Å²) in [6.07, 6.45) is 2.27. The van der Waals surface area contributed by atoms with Gasteiger partial charge in [-0.15, -0.1) is 0 Å². The Morgan fingerprint density at radius 1 is 1.55 bits per heavy atom. The van der Waals surface area contributed by atoms with E-state index in [1.165, 1.54) is 0 Å². The molecule has 1 saturated carbocycles. The fourth-order valence-electron chi connectivity index (χ4n) is 2.36. The predicted molar refractivity (Wildman–Crippen MR) is 44.9 cm³/mol. The van der Waals surface area contributed by atoms with E-state index in [2.05, 4.69) is 20.8 Å². The fraction of sp³-hybridized carbons (Fsp3) is 0.889. The Labute approximate surface area is 68.2 Å². The first kappa shape index (κ1) is 8.57. The average molecular weight is 155 g/mol. The molecule has 0 saturated heterocycles. The van der Waals surface area contributed by atoms with Gasteiger partial charge in [-0.25, -0.2) is 0 Å². The third kappa shape index (κ3) is 1.39. The van der Waals surface area contributed by atoms with Gasteiger partial charge in [-0.2, -0.15) is 0 Å². The van der Waals surface area contributed by atoms with Crippen LogP contribution in [0.2, 0.25) is 0 Å². The number of amides is 1. The van der Waals surface area contributed by atoms with Gasteiger partial charge in [0.05, 0.1) is 0 Å². The van der Waals surface area contributed by atoms with Crippen LogP contribution in [0, 0.1) is 17.3 Å². The van der Waals surface area contributed by atoms with Gasteiger partial charge in [-0.3, -0.25) is 4.79 Å². The number of rotatable bonds is 1. The highest BCUT2D eigenvalue weighted by molar-refractivity contribution is 5.78. The second-order valence-corrected chi connectivity index (χ2v) is 4.38. The lowest BCUT2D eigenvalue weighted by atomic mass is 9.79. The molecule has 1 amide bonds. The molecule has 2 N–H and O–H groups in total. The average Bonchev–Trinajstić information content (AvgIpc) is 2.06. The van der Waals surface area contributed by atoms with E-state index >= 15 is 0 Å². The Morgan fingerprint density at radius 3 is 2.27 bits per heavy atom. The monoisotopic (exact) mass is 155 g/mol. The summed E-state index contributed by atoms with van der Waals surface area (Å²) >= 11 is 0. The Morgan fingerprint density at radius 2 is 2.09 bits per heavy atom. The lowest BCUT2D eigenvalue weighted by molar-refractivity contribution is -0.125. The molecule has 0 heterocycles. The summed E-state index contributed by atoms with van der Waals surface area (Å²) in [5.41, 5.74) is 5.46. The highest BCUT2D eigenvalue weighted by Gasteiger charge is 2.42. The maximum absolute atomic E-state index is 11.0. The summed E-state index contributed by atoms with van der Waals surface area (Å²) in [6, 6.07) is 0. The van der Waals surface area contributed by atoms with Gasteiger partial charge >= 0.3 is 0 Å². The Bertz CT molecular complexity index is 174. The second-order valence-electron chi connectivity index (χ2n) is 4.38. The van der Waals surface area contributed by atoms with Gasteiger partial charge in [0, 0.05) is 5.92 Å². The quantitative estimate of drug-likeness (QED) is 0.613. The molecule has 1 aliphatic rings. The van der Waals surface area contributed by atoms with Gasteiger partial charge in [0.1, 0.15) is 0 Å². The minimum Gasteiger partial charge on any atom is -0.369 e. The fourth-order valence-corrected chi connectivity index (χ4v) is 2.36. The standard InChI is InChI=1S/C9H17NO/c1-6-4-5-9(2,3)7(6)8(10)11/h6-7H,4-5H2,1-3H3,(H2,10,11)/t6-,7-/m0/s1. The van der Waals surface area contributed by atoms with Crippen LogP contribution < -0.4 is 5.73 Å². The van der Waals surface area contributed by atoms with Crippen molar-refractivity contribution in [3.63, 3.8) is 0 Å². The predicted octanol–water partition coefficient (Wildman–Crippen LogP) is 1.54. The summed E-state index contributed by atoms with van der Waals surface area (Å²) in [6.45, 7) is 6.38. The SMILES string of the molecule is C[C@H]1CCC(C)(C)[C@@H]1C(N)=O. The number of primary amides is 1. The van der Waals surface area contributed by atoms with Crippen molar-refractivity contribution in [2.75, 3.05) is 0 Å². The van der Waals surface area contributed by atoms with Crippen molar-refractivity contribution in [1.82, 2.24) is 0 Å². The zero-order valence-corrected chi connectivity index (χ0v) is 7.55. The summed E-state index contributed by atoms with van der Waals surface area (Å²) in [4.78, 5) is 11.0. The van der Waals surface area contributed by atoms with Crippen LogP contribution in [0.4, 0.5) is 0 Å². The van der Waals surface area contributed by atoms with E-state index in [9.17, 15) is 4.79 Å². The number of hydrogen-bond donors (Lipinski definition) is 1. The van der Waals surface area contributed by atoms with Crippen molar-refractivity contribution >= 4 is 5.91 Å². The first-order valence-electron chi connectivity index (χ1n) is 4.24. The lowest BCUT2D eigenvalue weighted by Crippen LogP contribution is -2.34. The lowest BCUT2D eigenvalue weighted by Gasteiger charge is -2.26. The van der Waals surface area contributed by atoms with Crippen LogP contribution in [0.25, 0.3) is 0 Å². The van der Waals surface area contributed by atoms with E-state index in [0.717, 1.165) is 12.8 Å².